The van der Waals surface area contributed by atoms with Crippen LogP contribution in [-0.2, 0) is 16.0 Å². The summed E-state index contributed by atoms with van der Waals surface area (Å²) < 4.78 is 24.2. The Morgan fingerprint density at radius 1 is 1.09 bits per heavy atom. The maximum atomic E-state index is 13.4. The number of hydroxylamine groups is 1. The number of aryl methyl sites for hydroxylation is 1. The second-order valence-corrected chi connectivity index (χ2v) is 7.68. The summed E-state index contributed by atoms with van der Waals surface area (Å²) in [6, 6.07) is 8.88. The number of aliphatic carboxylic acids is 2. The van der Waals surface area contributed by atoms with Crippen molar-refractivity contribution in [2.75, 3.05) is 25.8 Å². The molecule has 8 nitrogen and oxygen atoms in total. The zero-order valence-electron chi connectivity index (χ0n) is 17.9. The van der Waals surface area contributed by atoms with Crippen LogP contribution in [0.1, 0.15) is 18.9 Å². The number of halogens is 1. The lowest BCUT2D eigenvalue weighted by molar-refractivity contribution is -0.136. The van der Waals surface area contributed by atoms with Crippen molar-refractivity contribution >= 4 is 17.6 Å². The summed E-state index contributed by atoms with van der Waals surface area (Å²) in [4.78, 5) is 29.3. The predicted octanol–water partition coefficient (Wildman–Crippen LogP) is 3.69. The molecule has 32 heavy (non-hydrogen) atoms. The number of carboxylic acids is 2. The van der Waals surface area contributed by atoms with Gasteiger partial charge in [-0.2, -0.15) is 0 Å². The Morgan fingerprint density at radius 3 is 2.28 bits per heavy atom. The third-order valence-corrected chi connectivity index (χ3v) is 5.47. The number of hydrogen-bond donors (Lipinski definition) is 2. The quantitative estimate of drug-likeness (QED) is 0.622. The van der Waals surface area contributed by atoms with Gasteiger partial charge < -0.3 is 24.5 Å². The minimum Gasteiger partial charge on any atom is -0.493 e. The smallest absolute Gasteiger partial charge is 0.332 e. The van der Waals surface area contributed by atoms with E-state index in [2.05, 4.69) is 0 Å². The zero-order valence-corrected chi connectivity index (χ0v) is 17.9. The van der Waals surface area contributed by atoms with E-state index in [1.54, 1.807) is 19.1 Å². The summed E-state index contributed by atoms with van der Waals surface area (Å²) in [6.45, 7) is 1.70. The van der Waals surface area contributed by atoms with Crippen molar-refractivity contribution in [3.05, 3.63) is 59.4 Å². The molecule has 1 aliphatic rings. The highest BCUT2D eigenvalue weighted by Crippen LogP contribution is 2.44. The molecule has 0 bridgehead atoms. The van der Waals surface area contributed by atoms with Gasteiger partial charge in [-0.3, -0.25) is 0 Å². The van der Waals surface area contributed by atoms with Crippen LogP contribution in [0.15, 0.2) is 48.0 Å². The molecule has 0 amide bonds. The molecule has 2 aromatic rings. The number of carboxylic acid groups (broad SMARTS) is 2. The first-order chi connectivity index (χ1) is 15.2. The molecular weight excluding hydrogens is 421 g/mol. The molecule has 0 aromatic heterocycles. The van der Waals surface area contributed by atoms with Gasteiger partial charge in [-0.15, -0.1) is 0 Å². The lowest BCUT2D eigenvalue weighted by Crippen LogP contribution is -2.40. The lowest BCUT2D eigenvalue weighted by Gasteiger charge is -2.34. The molecule has 2 N–H and O–H groups in total. The second kappa shape index (κ2) is 9.17. The molecule has 1 aliphatic heterocycles. The van der Waals surface area contributed by atoms with Crippen molar-refractivity contribution in [3.8, 4) is 17.2 Å². The number of anilines is 1. The molecule has 3 rings (SSSR count). The van der Waals surface area contributed by atoms with Crippen LogP contribution in [0.4, 0.5) is 10.1 Å². The summed E-state index contributed by atoms with van der Waals surface area (Å²) in [6.07, 6.45) is 1.49. The number of fused-ring (bicyclic) bond motifs is 1. The Bertz CT molecular complexity index is 1050. The number of rotatable bonds is 7. The molecule has 0 radical (unpaired) electrons. The monoisotopic (exact) mass is 445 g/mol. The van der Waals surface area contributed by atoms with Crippen LogP contribution in [0.3, 0.4) is 0 Å². The van der Waals surface area contributed by atoms with Gasteiger partial charge in [-0.1, -0.05) is 6.92 Å². The standard InChI is InChI=1S/C23H24FNO7/c1-23(17(22(28)29)11-21(26)27)9-8-14-10-19(30-2)20(31-3)12-18(14)25(13-23)32-16-6-4-15(24)5-7-16/h4-7,10-12H,8-9,13H2,1-3H3,(H,26,27)(H,28,29). The van der Waals surface area contributed by atoms with Crippen LogP contribution in [0.25, 0.3) is 0 Å². The van der Waals surface area contributed by atoms with E-state index in [0.29, 0.717) is 35.8 Å². The summed E-state index contributed by atoms with van der Waals surface area (Å²) >= 11 is 0. The molecule has 0 aliphatic carbocycles. The number of hydrogen-bond acceptors (Lipinski definition) is 6. The van der Waals surface area contributed by atoms with Gasteiger partial charge in [0.15, 0.2) is 17.2 Å². The van der Waals surface area contributed by atoms with E-state index in [1.165, 1.54) is 43.5 Å². The summed E-state index contributed by atoms with van der Waals surface area (Å²) in [7, 11) is 3.00. The SMILES string of the molecule is COc1cc2c(cc1OC)N(Oc1ccc(F)cc1)CC(C)(C(=CC(=O)O)C(=O)O)CC2. The van der Waals surface area contributed by atoms with Gasteiger partial charge >= 0.3 is 11.9 Å². The normalized spacial score (nSPS) is 18.4. The van der Waals surface area contributed by atoms with Gasteiger partial charge in [-0.05, 0) is 48.7 Å². The molecule has 170 valence electrons. The number of carbonyl (C=O) groups is 2. The Labute approximate surface area is 184 Å². The maximum Gasteiger partial charge on any atom is 0.332 e. The third-order valence-electron chi connectivity index (χ3n) is 5.47. The number of ether oxygens (including phenoxy) is 2. The van der Waals surface area contributed by atoms with E-state index < -0.39 is 23.2 Å². The summed E-state index contributed by atoms with van der Waals surface area (Å²) in [5, 5.41) is 20.5. The number of methoxy groups -OCH3 is 2. The molecule has 0 saturated carbocycles. The fourth-order valence-electron chi connectivity index (χ4n) is 3.78. The number of nitrogens with zero attached hydrogens (tertiary/aromatic N) is 1. The zero-order chi connectivity index (χ0) is 23.5. The van der Waals surface area contributed by atoms with Crippen molar-refractivity contribution in [2.45, 2.75) is 19.8 Å². The first-order valence-electron chi connectivity index (χ1n) is 9.81. The second-order valence-electron chi connectivity index (χ2n) is 7.68. The van der Waals surface area contributed by atoms with Gasteiger partial charge in [0, 0.05) is 17.6 Å². The van der Waals surface area contributed by atoms with Crippen molar-refractivity contribution < 1.29 is 38.5 Å². The van der Waals surface area contributed by atoms with Gasteiger partial charge in [0.2, 0.25) is 0 Å². The van der Waals surface area contributed by atoms with Crippen LogP contribution >= 0.6 is 0 Å². The van der Waals surface area contributed by atoms with E-state index in [9.17, 15) is 24.2 Å². The van der Waals surface area contributed by atoms with E-state index in [-0.39, 0.29) is 12.1 Å². The van der Waals surface area contributed by atoms with Crippen LogP contribution in [-0.4, -0.2) is 42.9 Å². The first-order valence-corrected chi connectivity index (χ1v) is 9.81. The summed E-state index contributed by atoms with van der Waals surface area (Å²) in [5.41, 5.74) is 0.0813. The highest BCUT2D eigenvalue weighted by molar-refractivity contribution is 5.96. The molecule has 1 heterocycles. The van der Waals surface area contributed by atoms with Crippen molar-refractivity contribution in [3.63, 3.8) is 0 Å². The van der Waals surface area contributed by atoms with Crippen molar-refractivity contribution in [2.24, 2.45) is 5.41 Å². The number of benzene rings is 2. The van der Waals surface area contributed by atoms with Gasteiger partial charge in [0.05, 0.1) is 32.0 Å². The van der Waals surface area contributed by atoms with Crippen LogP contribution < -0.4 is 19.4 Å². The molecule has 1 atom stereocenters. The molecule has 0 saturated heterocycles. The van der Waals surface area contributed by atoms with Gasteiger partial charge in [0.25, 0.3) is 0 Å². The first kappa shape index (κ1) is 22.9. The maximum absolute atomic E-state index is 13.4. The predicted molar refractivity (Wildman–Crippen MR) is 114 cm³/mol. The molecular formula is C23H24FNO7. The van der Waals surface area contributed by atoms with Gasteiger partial charge in [-0.25, -0.2) is 19.0 Å². The van der Waals surface area contributed by atoms with Crippen LogP contribution in [0.2, 0.25) is 0 Å². The molecule has 0 spiro atoms. The Morgan fingerprint density at radius 2 is 1.72 bits per heavy atom. The lowest BCUT2D eigenvalue weighted by atomic mass is 9.77. The fraction of sp³-hybridized carbons (Fsp3) is 0.304. The average molecular weight is 445 g/mol. The van der Waals surface area contributed by atoms with E-state index in [0.717, 1.165) is 11.6 Å². The Kier molecular flexibility index (Phi) is 6.57. The highest BCUT2D eigenvalue weighted by Gasteiger charge is 2.40. The molecule has 0 fully saturated rings. The largest absolute Gasteiger partial charge is 0.493 e. The Hall–Kier alpha value is -3.75. The van der Waals surface area contributed by atoms with E-state index in [1.807, 2.05) is 0 Å². The topological polar surface area (TPSA) is 106 Å². The average Bonchev–Trinajstić information content (AvgIpc) is 2.89. The third kappa shape index (κ3) is 4.77. The molecule has 1 unspecified atom stereocenters. The minimum atomic E-state index is -1.35. The minimum absolute atomic E-state index is 0.0261. The van der Waals surface area contributed by atoms with E-state index >= 15 is 0 Å². The summed E-state index contributed by atoms with van der Waals surface area (Å²) in [5.74, 6) is -1.83. The molecule has 9 heteroatoms. The Balaban J connectivity index is 2.13. The van der Waals surface area contributed by atoms with E-state index in [4.69, 9.17) is 14.3 Å². The van der Waals surface area contributed by atoms with Crippen LogP contribution in [0.5, 0.6) is 17.2 Å². The fourth-order valence-corrected chi connectivity index (χ4v) is 3.78. The highest BCUT2D eigenvalue weighted by atomic mass is 19.1. The van der Waals surface area contributed by atoms with Crippen LogP contribution in [0, 0.1) is 11.2 Å². The van der Waals surface area contributed by atoms with Crippen molar-refractivity contribution in [1.29, 1.82) is 0 Å². The van der Waals surface area contributed by atoms with Crippen molar-refractivity contribution in [1.82, 2.24) is 0 Å². The molecule has 2 aromatic carbocycles. The van der Waals surface area contributed by atoms with Gasteiger partial charge in [0.1, 0.15) is 5.82 Å².